The zero-order valence-corrected chi connectivity index (χ0v) is 20.7. The first-order valence-corrected chi connectivity index (χ1v) is 12.7. The lowest BCUT2D eigenvalue weighted by Gasteiger charge is -2.23. The monoisotopic (exact) mass is 456 g/mol. The van der Waals surface area contributed by atoms with Gasteiger partial charge < -0.3 is 0 Å². The lowest BCUT2D eigenvalue weighted by Crippen LogP contribution is -3.06. The van der Waals surface area contributed by atoms with Crippen molar-refractivity contribution >= 4 is 22.8 Å². The summed E-state index contributed by atoms with van der Waals surface area (Å²) < 4.78 is 0. The third kappa shape index (κ3) is 5.52. The van der Waals surface area contributed by atoms with Crippen molar-refractivity contribution in [3.63, 3.8) is 0 Å². The summed E-state index contributed by atoms with van der Waals surface area (Å²) >= 11 is 0. The molecule has 0 amide bonds. The van der Waals surface area contributed by atoms with Gasteiger partial charge in [-0.05, 0) is 50.7 Å². The number of fused-ring (bicyclic) bond motifs is 2. The predicted octanol–water partition coefficient (Wildman–Crippen LogP) is 1.25. The fraction of sp³-hybridized carbons (Fsp3) is 0.333. The summed E-state index contributed by atoms with van der Waals surface area (Å²) in [5.74, 6) is 0. The quantitative estimate of drug-likeness (QED) is 0.307. The topological polar surface area (TPSA) is 60.1 Å². The zero-order chi connectivity index (χ0) is 23.9. The summed E-state index contributed by atoms with van der Waals surface area (Å²) in [7, 11) is 0. The van der Waals surface area contributed by atoms with Crippen LogP contribution in [0.2, 0.25) is 0 Å². The highest BCUT2D eigenvalue weighted by atomic mass is 15.1. The van der Waals surface area contributed by atoms with Gasteiger partial charge in [0.2, 0.25) is 11.4 Å². The highest BCUT2D eigenvalue weighted by molar-refractivity contribution is 6.08. The van der Waals surface area contributed by atoms with E-state index >= 15 is 0 Å². The molecule has 6 N–H and O–H groups in total. The molecule has 4 rings (SSSR count). The molecule has 0 saturated carbocycles. The molecule has 0 aromatic heterocycles. The molecule has 2 unspecified atom stereocenters. The van der Waals surface area contributed by atoms with E-state index in [9.17, 15) is 0 Å². The molecular formula is C30H40N4+4. The number of hydrogen-bond donors (Lipinski definition) is 4. The van der Waals surface area contributed by atoms with Crippen LogP contribution in [0.5, 0.6) is 0 Å². The van der Waals surface area contributed by atoms with E-state index in [-0.39, 0.29) is 0 Å². The van der Waals surface area contributed by atoms with Crippen molar-refractivity contribution in [3.8, 4) is 0 Å². The van der Waals surface area contributed by atoms with Gasteiger partial charge in [0.1, 0.15) is 33.9 Å². The highest BCUT2D eigenvalue weighted by Gasteiger charge is 2.28. The Morgan fingerprint density at radius 1 is 0.618 bits per heavy atom. The van der Waals surface area contributed by atoms with E-state index in [0.717, 1.165) is 37.4 Å². The zero-order valence-electron chi connectivity index (χ0n) is 20.7. The summed E-state index contributed by atoms with van der Waals surface area (Å²) in [6, 6.07) is 17.1. The van der Waals surface area contributed by atoms with Gasteiger partial charge >= 0.3 is 0 Å². The molecule has 0 bridgehead atoms. The standard InChI is InChI=1S/C30H36N4/c1-23-21-27(31)25-15-9-11-17-29(25)33(23)19-13-7-5-3-4-6-8-14-20-34-24(2)22-28(32)26-16-10-12-18-30(26)34/h3-4,9-12,15-18,21-22,31-32H,5-8,13-14,19-20H2,1-2H3/p+4/b4-3+,31-27?,32-28?. The van der Waals surface area contributed by atoms with Crippen LogP contribution in [-0.4, -0.2) is 24.5 Å². The molecule has 2 aliphatic rings. The first kappa shape index (κ1) is 24.1. The number of allylic oxidation sites excluding steroid dienone is 6. The number of para-hydroxylation sites is 2. The van der Waals surface area contributed by atoms with Gasteiger partial charge in [-0.1, -0.05) is 36.4 Å². The van der Waals surface area contributed by atoms with Crippen molar-refractivity contribution in [3.05, 3.63) is 95.4 Å². The number of quaternary nitrogens is 2. The van der Waals surface area contributed by atoms with Gasteiger partial charge in [0.05, 0.1) is 25.2 Å². The van der Waals surface area contributed by atoms with E-state index in [2.05, 4.69) is 86.7 Å². The Balaban J connectivity index is 1.14. The average molecular weight is 457 g/mol. The van der Waals surface area contributed by atoms with Crippen LogP contribution < -0.4 is 20.6 Å². The molecule has 0 radical (unpaired) electrons. The van der Waals surface area contributed by atoms with Crippen molar-refractivity contribution in [2.45, 2.75) is 52.4 Å². The van der Waals surface area contributed by atoms with Crippen molar-refractivity contribution in [2.24, 2.45) is 0 Å². The van der Waals surface area contributed by atoms with Gasteiger partial charge in [0.25, 0.3) is 0 Å². The normalized spacial score (nSPS) is 19.6. The second-order valence-electron chi connectivity index (χ2n) is 9.58. The molecule has 2 heterocycles. The summed E-state index contributed by atoms with van der Waals surface area (Å²) in [5.41, 5.74) is 9.42. The van der Waals surface area contributed by atoms with Crippen LogP contribution in [-0.2, 0) is 0 Å². The minimum Gasteiger partial charge on any atom is -0.273 e. The highest BCUT2D eigenvalue weighted by Crippen LogP contribution is 2.17. The van der Waals surface area contributed by atoms with E-state index in [4.69, 9.17) is 10.8 Å². The van der Waals surface area contributed by atoms with Gasteiger partial charge in [0, 0.05) is 26.0 Å². The molecule has 176 valence electrons. The van der Waals surface area contributed by atoms with Crippen LogP contribution in [0, 0.1) is 0 Å². The molecule has 34 heavy (non-hydrogen) atoms. The van der Waals surface area contributed by atoms with Crippen molar-refractivity contribution in [2.75, 3.05) is 13.1 Å². The molecule has 2 aliphatic heterocycles. The lowest BCUT2D eigenvalue weighted by molar-refractivity contribution is -0.791. The largest absolute Gasteiger partial charge is 0.273 e. The van der Waals surface area contributed by atoms with E-state index in [1.165, 1.54) is 69.4 Å². The van der Waals surface area contributed by atoms with Crippen molar-refractivity contribution < 1.29 is 20.6 Å². The fourth-order valence-corrected chi connectivity index (χ4v) is 5.24. The number of nitrogens with two attached hydrogens (primary N) is 2. The third-order valence-electron chi connectivity index (χ3n) is 7.08. The lowest BCUT2D eigenvalue weighted by atomic mass is 10.0. The van der Waals surface area contributed by atoms with Crippen LogP contribution in [0.15, 0.2) is 84.2 Å². The Labute approximate surface area is 204 Å². The van der Waals surface area contributed by atoms with E-state index in [1.807, 2.05) is 0 Å². The van der Waals surface area contributed by atoms with Crippen LogP contribution >= 0.6 is 0 Å². The predicted molar refractivity (Wildman–Crippen MR) is 140 cm³/mol. The maximum absolute atomic E-state index is 6.23. The third-order valence-corrected chi connectivity index (χ3v) is 7.08. The van der Waals surface area contributed by atoms with Gasteiger partial charge in [0.15, 0.2) is 0 Å². The van der Waals surface area contributed by atoms with Gasteiger partial charge in [-0.25, -0.2) is 0 Å². The van der Waals surface area contributed by atoms with Crippen molar-refractivity contribution in [1.82, 2.24) is 0 Å². The molecular weight excluding hydrogens is 416 g/mol. The molecule has 0 fully saturated rings. The Bertz CT molecular complexity index is 1050. The molecule has 0 spiro atoms. The van der Waals surface area contributed by atoms with Crippen LogP contribution in [0.4, 0.5) is 11.4 Å². The van der Waals surface area contributed by atoms with Gasteiger partial charge in [-0.2, -0.15) is 0 Å². The number of nitrogens with one attached hydrogen (secondary N) is 2. The van der Waals surface area contributed by atoms with Crippen LogP contribution in [0.1, 0.15) is 63.5 Å². The second-order valence-corrected chi connectivity index (χ2v) is 9.58. The van der Waals surface area contributed by atoms with E-state index in [1.54, 1.807) is 0 Å². The van der Waals surface area contributed by atoms with Crippen molar-refractivity contribution in [1.29, 1.82) is 0 Å². The molecule has 2 atom stereocenters. The SMILES string of the molecule is CC1=CC(=[NH2+])c2ccccc2[NH+]1CCCC/C=C/CCCC[NH+]1C(C)=CC(=[NH2+])c2ccccc21. The molecule has 4 heteroatoms. The number of hydrogen-bond acceptors (Lipinski definition) is 0. The van der Waals surface area contributed by atoms with Gasteiger partial charge in [-0.15, -0.1) is 0 Å². The Hall–Kier alpha value is -3.08. The Kier molecular flexibility index (Phi) is 8.04. The van der Waals surface area contributed by atoms with E-state index in [0.29, 0.717) is 0 Å². The van der Waals surface area contributed by atoms with Crippen LogP contribution in [0.3, 0.4) is 0 Å². The maximum Gasteiger partial charge on any atom is 0.215 e. The Morgan fingerprint density at radius 2 is 1.03 bits per heavy atom. The Morgan fingerprint density at radius 3 is 1.47 bits per heavy atom. The fourth-order valence-electron chi connectivity index (χ4n) is 5.24. The summed E-state index contributed by atoms with van der Waals surface area (Å²) in [6.07, 6.45) is 16.2. The molecule has 2 aromatic rings. The summed E-state index contributed by atoms with van der Waals surface area (Å²) in [4.78, 5) is 2.92. The summed E-state index contributed by atoms with van der Waals surface area (Å²) in [6.45, 7) is 6.62. The van der Waals surface area contributed by atoms with E-state index < -0.39 is 0 Å². The number of unbranched alkanes of at least 4 members (excludes halogenated alkanes) is 4. The minimum atomic E-state index is 0.888. The maximum atomic E-state index is 6.23. The second kappa shape index (κ2) is 11.4. The minimum absolute atomic E-state index is 0.888. The molecule has 4 nitrogen and oxygen atoms in total. The summed E-state index contributed by atoms with van der Waals surface area (Å²) in [5, 5.41) is 12.5. The molecule has 2 aromatic carbocycles. The van der Waals surface area contributed by atoms with Crippen LogP contribution in [0.25, 0.3) is 0 Å². The first-order chi connectivity index (χ1) is 16.6. The average Bonchev–Trinajstić information content (AvgIpc) is 2.83. The smallest absolute Gasteiger partial charge is 0.215 e. The number of benzene rings is 2. The first-order valence-electron chi connectivity index (χ1n) is 12.7. The molecule has 0 saturated heterocycles. The molecule has 0 aliphatic carbocycles. The number of rotatable bonds is 10. The van der Waals surface area contributed by atoms with Gasteiger partial charge in [-0.3, -0.25) is 20.6 Å².